The Morgan fingerprint density at radius 3 is 2.60 bits per heavy atom. The number of para-hydroxylation sites is 2. The molecule has 0 radical (unpaired) electrons. The summed E-state index contributed by atoms with van der Waals surface area (Å²) in [5.74, 6) is -1.28. The van der Waals surface area contributed by atoms with E-state index in [0.29, 0.717) is 19.0 Å². The van der Waals surface area contributed by atoms with Gasteiger partial charge in [0.05, 0.1) is 17.3 Å². The Balaban J connectivity index is 1.70. The lowest BCUT2D eigenvalue weighted by Crippen LogP contribution is -2.44. The van der Waals surface area contributed by atoms with E-state index in [1.165, 1.54) is 25.7 Å². The highest BCUT2D eigenvalue weighted by Gasteiger charge is 2.29. The summed E-state index contributed by atoms with van der Waals surface area (Å²) in [4.78, 5) is 27.7. The summed E-state index contributed by atoms with van der Waals surface area (Å²) in [6.07, 6.45) is 6.26. The number of nitrogens with one attached hydrogen (secondary N) is 1. The van der Waals surface area contributed by atoms with E-state index in [1.807, 2.05) is 24.3 Å². The second-order valence-corrected chi connectivity index (χ2v) is 7.12. The minimum atomic E-state index is -0.820. The minimum Gasteiger partial charge on any atom is -0.481 e. The van der Waals surface area contributed by atoms with Crippen LogP contribution in [0.1, 0.15) is 38.5 Å². The Bertz CT molecular complexity index is 628. The number of anilines is 2. The minimum absolute atomic E-state index is 0.210. The fourth-order valence-electron chi connectivity index (χ4n) is 3.93. The van der Waals surface area contributed by atoms with Crippen molar-refractivity contribution in [2.45, 2.75) is 44.6 Å². The van der Waals surface area contributed by atoms with Crippen LogP contribution < -0.4 is 10.2 Å². The number of nitrogens with zero attached hydrogens (tertiary/aromatic N) is 2. The van der Waals surface area contributed by atoms with E-state index >= 15 is 0 Å². The summed E-state index contributed by atoms with van der Waals surface area (Å²) in [7, 11) is 2.09. The maximum absolute atomic E-state index is 12.6. The third-order valence-electron chi connectivity index (χ3n) is 5.46. The van der Waals surface area contributed by atoms with E-state index in [9.17, 15) is 14.7 Å². The van der Waals surface area contributed by atoms with E-state index < -0.39 is 11.9 Å². The van der Waals surface area contributed by atoms with Crippen LogP contribution in [-0.4, -0.2) is 48.2 Å². The molecule has 1 unspecified atom stereocenters. The van der Waals surface area contributed by atoms with Crippen LogP contribution >= 0.6 is 0 Å². The molecule has 0 aromatic heterocycles. The molecule has 6 heteroatoms. The number of piperidine rings is 1. The van der Waals surface area contributed by atoms with Crippen molar-refractivity contribution in [3.05, 3.63) is 24.3 Å². The molecule has 2 N–H and O–H groups in total. The van der Waals surface area contributed by atoms with Gasteiger partial charge in [0.25, 0.3) is 0 Å². The first-order valence-corrected chi connectivity index (χ1v) is 9.17. The molecule has 0 bridgehead atoms. The molecule has 3 rings (SSSR count). The predicted octanol–water partition coefficient (Wildman–Crippen LogP) is 3.39. The van der Waals surface area contributed by atoms with E-state index in [1.54, 1.807) is 4.90 Å². The van der Waals surface area contributed by atoms with Crippen molar-refractivity contribution in [2.75, 3.05) is 30.4 Å². The van der Waals surface area contributed by atoms with Crippen LogP contribution in [0, 0.1) is 5.92 Å². The third kappa shape index (κ3) is 4.06. The molecule has 25 heavy (non-hydrogen) atoms. The molecule has 1 atom stereocenters. The largest absolute Gasteiger partial charge is 0.481 e. The van der Waals surface area contributed by atoms with Crippen molar-refractivity contribution in [1.82, 2.24) is 4.90 Å². The number of likely N-dealkylation sites (tertiary alicyclic amines) is 1. The Hall–Kier alpha value is -2.24. The molecule has 1 aliphatic carbocycles. The molecule has 2 fully saturated rings. The van der Waals surface area contributed by atoms with Crippen LogP contribution in [0.5, 0.6) is 0 Å². The molecule has 2 amide bonds. The molecule has 1 heterocycles. The van der Waals surface area contributed by atoms with Crippen LogP contribution in [0.15, 0.2) is 24.3 Å². The van der Waals surface area contributed by atoms with E-state index in [-0.39, 0.29) is 12.6 Å². The van der Waals surface area contributed by atoms with Crippen LogP contribution in [0.4, 0.5) is 16.2 Å². The molecule has 1 saturated carbocycles. The molecule has 2 aliphatic rings. The number of hydrogen-bond acceptors (Lipinski definition) is 3. The maximum Gasteiger partial charge on any atom is 0.321 e. The predicted molar refractivity (Wildman–Crippen MR) is 98.1 cm³/mol. The van der Waals surface area contributed by atoms with Gasteiger partial charge in [-0.1, -0.05) is 25.0 Å². The van der Waals surface area contributed by atoms with E-state index in [4.69, 9.17) is 0 Å². The summed E-state index contributed by atoms with van der Waals surface area (Å²) in [5, 5.41) is 12.2. The molecule has 136 valence electrons. The summed E-state index contributed by atoms with van der Waals surface area (Å²) in [5.41, 5.74) is 1.81. The molecule has 1 aromatic rings. The van der Waals surface area contributed by atoms with Gasteiger partial charge in [-0.25, -0.2) is 4.79 Å². The van der Waals surface area contributed by atoms with Crippen molar-refractivity contribution < 1.29 is 14.7 Å². The first kappa shape index (κ1) is 17.6. The molecule has 1 aliphatic heterocycles. The van der Waals surface area contributed by atoms with Gasteiger partial charge in [0.1, 0.15) is 0 Å². The van der Waals surface area contributed by atoms with Gasteiger partial charge < -0.3 is 20.2 Å². The number of benzene rings is 1. The molecule has 1 saturated heterocycles. The topological polar surface area (TPSA) is 72.9 Å². The first-order valence-electron chi connectivity index (χ1n) is 9.17. The van der Waals surface area contributed by atoms with Crippen LogP contribution in [-0.2, 0) is 4.79 Å². The first-order chi connectivity index (χ1) is 12.1. The summed E-state index contributed by atoms with van der Waals surface area (Å²) < 4.78 is 0. The van der Waals surface area contributed by atoms with Gasteiger partial charge in [0.15, 0.2) is 0 Å². The lowest BCUT2D eigenvalue weighted by atomic mass is 9.99. The normalized spacial score (nSPS) is 21.2. The number of urea groups is 1. The number of carboxylic acid groups (broad SMARTS) is 1. The zero-order chi connectivity index (χ0) is 17.8. The van der Waals surface area contributed by atoms with Crippen molar-refractivity contribution in [3.8, 4) is 0 Å². The summed E-state index contributed by atoms with van der Waals surface area (Å²) in [6, 6.07) is 8.15. The molecular formula is C19H27N3O3. The average molecular weight is 345 g/mol. The van der Waals surface area contributed by atoms with Crippen molar-refractivity contribution in [1.29, 1.82) is 0 Å². The standard InChI is InChI=1S/C19H27N3O3/c1-21(15-8-2-3-9-15)17-11-5-4-10-16(17)20-19(25)22-12-6-7-14(13-22)18(23)24/h4-5,10-11,14-15H,2-3,6-9,12-13H2,1H3,(H,20,25)(H,23,24). The quantitative estimate of drug-likeness (QED) is 0.877. The second-order valence-electron chi connectivity index (χ2n) is 7.12. The number of amides is 2. The van der Waals surface area contributed by atoms with Crippen LogP contribution in [0.2, 0.25) is 0 Å². The highest BCUT2D eigenvalue weighted by Crippen LogP contribution is 2.32. The van der Waals surface area contributed by atoms with Gasteiger partial charge in [-0.2, -0.15) is 0 Å². The highest BCUT2D eigenvalue weighted by atomic mass is 16.4. The van der Waals surface area contributed by atoms with E-state index in [2.05, 4.69) is 17.3 Å². The average Bonchev–Trinajstić information content (AvgIpc) is 3.16. The smallest absolute Gasteiger partial charge is 0.321 e. The summed E-state index contributed by atoms with van der Waals surface area (Å²) >= 11 is 0. The van der Waals surface area contributed by atoms with Crippen molar-refractivity contribution in [3.63, 3.8) is 0 Å². The Kier molecular flexibility index (Phi) is 5.46. The van der Waals surface area contributed by atoms with Gasteiger partial charge in [0.2, 0.25) is 0 Å². The Labute approximate surface area is 148 Å². The molecule has 0 spiro atoms. The van der Waals surface area contributed by atoms with Gasteiger partial charge in [-0.3, -0.25) is 4.79 Å². The van der Waals surface area contributed by atoms with Gasteiger partial charge in [-0.15, -0.1) is 0 Å². The van der Waals surface area contributed by atoms with Crippen LogP contribution in [0.3, 0.4) is 0 Å². The fraction of sp³-hybridized carbons (Fsp3) is 0.579. The molecule has 1 aromatic carbocycles. The number of rotatable bonds is 4. The summed E-state index contributed by atoms with van der Waals surface area (Å²) in [6.45, 7) is 0.887. The Morgan fingerprint density at radius 2 is 1.88 bits per heavy atom. The maximum atomic E-state index is 12.6. The van der Waals surface area contributed by atoms with Crippen LogP contribution in [0.25, 0.3) is 0 Å². The SMILES string of the molecule is CN(c1ccccc1NC(=O)N1CCCC(C(=O)O)C1)C1CCCC1. The van der Waals surface area contributed by atoms with Crippen molar-refractivity contribution in [2.24, 2.45) is 5.92 Å². The van der Waals surface area contributed by atoms with Crippen molar-refractivity contribution >= 4 is 23.4 Å². The number of carbonyl (C=O) groups is 2. The lowest BCUT2D eigenvalue weighted by molar-refractivity contribution is -0.143. The zero-order valence-corrected chi connectivity index (χ0v) is 14.8. The van der Waals surface area contributed by atoms with E-state index in [0.717, 1.165) is 17.8 Å². The Morgan fingerprint density at radius 1 is 1.16 bits per heavy atom. The molecule has 6 nitrogen and oxygen atoms in total. The number of aliphatic carboxylic acids is 1. The lowest BCUT2D eigenvalue weighted by Gasteiger charge is -2.32. The van der Waals surface area contributed by atoms with Gasteiger partial charge >= 0.3 is 12.0 Å². The second kappa shape index (κ2) is 7.76. The number of hydrogen-bond donors (Lipinski definition) is 2. The van der Waals surface area contributed by atoms with Gasteiger partial charge in [0, 0.05) is 26.2 Å². The number of carboxylic acids is 1. The molecular weight excluding hydrogens is 318 g/mol. The highest BCUT2D eigenvalue weighted by molar-refractivity contribution is 5.93. The monoisotopic (exact) mass is 345 g/mol. The zero-order valence-electron chi connectivity index (χ0n) is 14.8. The number of carbonyl (C=O) groups excluding carboxylic acids is 1. The van der Waals surface area contributed by atoms with Gasteiger partial charge in [-0.05, 0) is 37.8 Å². The fourth-order valence-corrected chi connectivity index (χ4v) is 3.93. The third-order valence-corrected chi connectivity index (χ3v) is 5.46.